The third-order valence-corrected chi connectivity index (χ3v) is 2.88. The van der Waals surface area contributed by atoms with Crippen LogP contribution in [0.3, 0.4) is 0 Å². The lowest BCUT2D eigenvalue weighted by molar-refractivity contribution is 0.415. The Labute approximate surface area is 107 Å². The number of nitrogens with zero attached hydrogens (tertiary/aromatic N) is 2. The van der Waals surface area contributed by atoms with E-state index in [0.29, 0.717) is 6.54 Å². The van der Waals surface area contributed by atoms with Gasteiger partial charge in [-0.15, -0.1) is 6.42 Å². The highest BCUT2D eigenvalue weighted by atomic mass is 16.5. The van der Waals surface area contributed by atoms with Crippen LogP contribution in [-0.4, -0.2) is 30.3 Å². The number of benzene rings is 1. The SMILES string of the molecule is C#CCn1c(CCNC)nc2cc(OC)ccc21. The Kier molecular flexibility index (Phi) is 3.85. The fourth-order valence-electron chi connectivity index (χ4n) is 1.98. The van der Waals surface area contributed by atoms with Gasteiger partial charge in [-0.25, -0.2) is 4.98 Å². The Hall–Kier alpha value is -1.99. The van der Waals surface area contributed by atoms with E-state index >= 15 is 0 Å². The van der Waals surface area contributed by atoms with E-state index in [1.54, 1.807) is 7.11 Å². The molecule has 0 aliphatic carbocycles. The van der Waals surface area contributed by atoms with E-state index in [-0.39, 0.29) is 0 Å². The molecule has 18 heavy (non-hydrogen) atoms. The Morgan fingerprint density at radius 2 is 2.33 bits per heavy atom. The second-order valence-electron chi connectivity index (χ2n) is 4.03. The zero-order valence-electron chi connectivity index (χ0n) is 10.7. The van der Waals surface area contributed by atoms with Crippen LogP contribution in [0.5, 0.6) is 5.75 Å². The molecule has 0 aliphatic heterocycles. The van der Waals surface area contributed by atoms with Gasteiger partial charge in [0.25, 0.3) is 0 Å². The van der Waals surface area contributed by atoms with Gasteiger partial charge in [-0.05, 0) is 19.2 Å². The van der Waals surface area contributed by atoms with Gasteiger partial charge in [0.2, 0.25) is 0 Å². The minimum atomic E-state index is 0.544. The average molecular weight is 243 g/mol. The normalized spacial score (nSPS) is 10.5. The second kappa shape index (κ2) is 5.56. The number of imidazole rings is 1. The van der Waals surface area contributed by atoms with Crippen molar-refractivity contribution >= 4 is 11.0 Å². The number of aromatic nitrogens is 2. The number of methoxy groups -OCH3 is 1. The summed E-state index contributed by atoms with van der Waals surface area (Å²) in [5.74, 6) is 4.50. The van der Waals surface area contributed by atoms with Crippen molar-refractivity contribution in [2.45, 2.75) is 13.0 Å². The maximum Gasteiger partial charge on any atom is 0.121 e. The van der Waals surface area contributed by atoms with Gasteiger partial charge in [-0.2, -0.15) is 0 Å². The van der Waals surface area contributed by atoms with E-state index in [1.807, 2.05) is 25.2 Å². The Bertz CT molecular complexity index is 580. The number of fused-ring (bicyclic) bond motifs is 1. The molecule has 1 aromatic heterocycles. The molecule has 0 aliphatic rings. The Morgan fingerprint density at radius 3 is 3.00 bits per heavy atom. The molecular formula is C14H17N3O. The molecule has 0 atom stereocenters. The van der Waals surface area contributed by atoms with Crippen molar-refractivity contribution in [2.24, 2.45) is 0 Å². The molecule has 0 amide bonds. The standard InChI is InChI=1S/C14H17N3O/c1-4-9-17-13-6-5-11(18-3)10-12(13)16-14(17)7-8-15-2/h1,5-6,10,15H,7-9H2,2-3H3. The lowest BCUT2D eigenvalue weighted by Crippen LogP contribution is -2.14. The first-order chi connectivity index (χ1) is 8.80. The minimum Gasteiger partial charge on any atom is -0.497 e. The minimum absolute atomic E-state index is 0.544. The van der Waals surface area contributed by atoms with Crippen LogP contribution in [0.25, 0.3) is 11.0 Å². The molecule has 0 spiro atoms. The molecule has 94 valence electrons. The fourth-order valence-corrected chi connectivity index (χ4v) is 1.98. The number of terminal acetylenes is 1. The summed E-state index contributed by atoms with van der Waals surface area (Å²) in [4.78, 5) is 4.62. The van der Waals surface area contributed by atoms with Crippen molar-refractivity contribution in [1.29, 1.82) is 0 Å². The molecule has 0 saturated heterocycles. The molecule has 0 unspecified atom stereocenters. The monoisotopic (exact) mass is 243 g/mol. The van der Waals surface area contributed by atoms with Crippen molar-refractivity contribution in [3.8, 4) is 18.1 Å². The highest BCUT2D eigenvalue weighted by Gasteiger charge is 2.10. The maximum absolute atomic E-state index is 5.43. The molecule has 0 radical (unpaired) electrons. The highest BCUT2D eigenvalue weighted by Crippen LogP contribution is 2.21. The first-order valence-corrected chi connectivity index (χ1v) is 5.91. The van der Waals surface area contributed by atoms with Crippen LogP contribution in [0, 0.1) is 12.3 Å². The van der Waals surface area contributed by atoms with E-state index < -0.39 is 0 Å². The van der Waals surface area contributed by atoms with Crippen LogP contribution in [0.2, 0.25) is 0 Å². The molecule has 0 bridgehead atoms. The third kappa shape index (κ3) is 2.31. The zero-order valence-corrected chi connectivity index (χ0v) is 10.7. The second-order valence-corrected chi connectivity index (χ2v) is 4.03. The van der Waals surface area contributed by atoms with Crippen molar-refractivity contribution in [3.63, 3.8) is 0 Å². The average Bonchev–Trinajstić information content (AvgIpc) is 2.74. The molecule has 2 rings (SSSR count). The van der Waals surface area contributed by atoms with Gasteiger partial charge in [-0.1, -0.05) is 5.92 Å². The van der Waals surface area contributed by atoms with Crippen molar-refractivity contribution in [1.82, 2.24) is 14.9 Å². The van der Waals surface area contributed by atoms with E-state index in [0.717, 1.165) is 35.6 Å². The van der Waals surface area contributed by atoms with Gasteiger partial charge in [-0.3, -0.25) is 0 Å². The van der Waals surface area contributed by atoms with Gasteiger partial charge in [0.05, 0.1) is 24.7 Å². The smallest absolute Gasteiger partial charge is 0.121 e. The molecular weight excluding hydrogens is 226 g/mol. The summed E-state index contributed by atoms with van der Waals surface area (Å²) in [7, 11) is 3.58. The van der Waals surface area contributed by atoms with Crippen molar-refractivity contribution in [2.75, 3.05) is 20.7 Å². The molecule has 4 heteroatoms. The fraction of sp³-hybridized carbons (Fsp3) is 0.357. The van der Waals surface area contributed by atoms with Gasteiger partial charge in [0, 0.05) is 19.0 Å². The third-order valence-electron chi connectivity index (χ3n) is 2.88. The summed E-state index contributed by atoms with van der Waals surface area (Å²) in [5.41, 5.74) is 1.98. The van der Waals surface area contributed by atoms with E-state index in [2.05, 4.69) is 20.8 Å². The van der Waals surface area contributed by atoms with Gasteiger partial charge in [0.1, 0.15) is 11.6 Å². The maximum atomic E-state index is 5.43. The van der Waals surface area contributed by atoms with E-state index in [9.17, 15) is 0 Å². The van der Waals surface area contributed by atoms with Crippen LogP contribution in [-0.2, 0) is 13.0 Å². The van der Waals surface area contributed by atoms with Crippen molar-refractivity contribution < 1.29 is 4.74 Å². The lowest BCUT2D eigenvalue weighted by Gasteiger charge is -2.05. The quantitative estimate of drug-likeness (QED) is 0.808. The molecule has 0 fully saturated rings. The first kappa shape index (κ1) is 12.5. The Balaban J connectivity index is 2.48. The summed E-state index contributed by atoms with van der Waals surface area (Å²) in [6.07, 6.45) is 6.28. The largest absolute Gasteiger partial charge is 0.497 e. The molecule has 0 saturated carbocycles. The predicted octanol–water partition coefficient (Wildman–Crippen LogP) is 1.44. The lowest BCUT2D eigenvalue weighted by atomic mass is 10.3. The zero-order chi connectivity index (χ0) is 13.0. The van der Waals surface area contributed by atoms with Crippen LogP contribution in [0.15, 0.2) is 18.2 Å². The number of likely N-dealkylation sites (N-methyl/N-ethyl adjacent to an activating group) is 1. The number of hydrogen-bond acceptors (Lipinski definition) is 3. The van der Waals surface area contributed by atoms with Crippen molar-refractivity contribution in [3.05, 3.63) is 24.0 Å². The highest BCUT2D eigenvalue weighted by molar-refractivity contribution is 5.78. The summed E-state index contributed by atoms with van der Waals surface area (Å²) < 4.78 is 7.29. The number of hydrogen-bond donors (Lipinski definition) is 1. The van der Waals surface area contributed by atoms with Gasteiger partial charge < -0.3 is 14.6 Å². The number of ether oxygens (including phenoxy) is 1. The van der Waals surface area contributed by atoms with Crippen LogP contribution in [0.1, 0.15) is 5.82 Å². The summed E-state index contributed by atoms with van der Waals surface area (Å²) in [5, 5.41) is 3.12. The van der Waals surface area contributed by atoms with E-state index in [4.69, 9.17) is 11.2 Å². The molecule has 1 N–H and O–H groups in total. The molecule has 1 aromatic carbocycles. The summed E-state index contributed by atoms with van der Waals surface area (Å²) in [6, 6.07) is 5.87. The Morgan fingerprint density at radius 1 is 1.50 bits per heavy atom. The number of rotatable bonds is 5. The molecule has 2 aromatic rings. The van der Waals surface area contributed by atoms with Crippen LogP contribution >= 0.6 is 0 Å². The van der Waals surface area contributed by atoms with Crippen LogP contribution in [0.4, 0.5) is 0 Å². The predicted molar refractivity (Wildman–Crippen MR) is 72.7 cm³/mol. The van der Waals surface area contributed by atoms with Crippen LogP contribution < -0.4 is 10.1 Å². The molecule has 1 heterocycles. The van der Waals surface area contributed by atoms with Gasteiger partial charge in [0.15, 0.2) is 0 Å². The first-order valence-electron chi connectivity index (χ1n) is 5.91. The topological polar surface area (TPSA) is 39.1 Å². The summed E-state index contributed by atoms with van der Waals surface area (Å²) in [6.45, 7) is 1.42. The van der Waals surface area contributed by atoms with Gasteiger partial charge >= 0.3 is 0 Å². The summed E-state index contributed by atoms with van der Waals surface area (Å²) >= 11 is 0. The van der Waals surface area contributed by atoms with E-state index in [1.165, 1.54) is 0 Å². The number of nitrogens with one attached hydrogen (secondary N) is 1. The molecule has 4 nitrogen and oxygen atoms in total.